The standard InChI is InChI=1S/C22H35N3O4/c1-4-11-22(17-9-12-24(13-10-17)19(26)8-7-16(2)3)20(27)25(21(28)23-22)15-18-6-5-14-29-18/h7-8,16-18H,4-6,9-15H2,1-3H3,(H,23,28)/b8-7+/t18-,22+/m0/s1. The number of likely N-dealkylation sites (tertiary alicyclic amines) is 1. The Hall–Kier alpha value is -1.89. The van der Waals surface area contributed by atoms with E-state index in [-0.39, 0.29) is 29.9 Å². The van der Waals surface area contributed by atoms with Gasteiger partial charge in [-0.1, -0.05) is 33.3 Å². The molecule has 0 aliphatic carbocycles. The summed E-state index contributed by atoms with van der Waals surface area (Å²) in [7, 11) is 0. The van der Waals surface area contributed by atoms with Crippen LogP contribution in [0.5, 0.6) is 0 Å². The Kier molecular flexibility index (Phi) is 6.98. The summed E-state index contributed by atoms with van der Waals surface area (Å²) in [5.41, 5.74) is -0.840. The minimum absolute atomic E-state index is 0.0310. The van der Waals surface area contributed by atoms with Crippen molar-refractivity contribution >= 4 is 17.8 Å². The molecular weight excluding hydrogens is 370 g/mol. The van der Waals surface area contributed by atoms with Crippen molar-refractivity contribution in [2.75, 3.05) is 26.2 Å². The third-order valence-electron chi connectivity index (χ3n) is 6.38. The highest BCUT2D eigenvalue weighted by atomic mass is 16.5. The SMILES string of the molecule is CCC[C@]1(C2CCN(C(=O)/C=C/C(C)C)CC2)NC(=O)N(C[C@@H]2CCCO2)C1=O. The lowest BCUT2D eigenvalue weighted by molar-refractivity contribution is -0.136. The molecule has 29 heavy (non-hydrogen) atoms. The molecule has 2 atom stereocenters. The van der Waals surface area contributed by atoms with E-state index in [0.29, 0.717) is 38.6 Å². The average molecular weight is 406 g/mol. The van der Waals surface area contributed by atoms with E-state index in [4.69, 9.17) is 4.74 Å². The predicted octanol–water partition coefficient (Wildman–Crippen LogP) is 2.71. The zero-order valence-corrected chi connectivity index (χ0v) is 18.0. The maximum Gasteiger partial charge on any atom is 0.325 e. The van der Waals surface area contributed by atoms with E-state index < -0.39 is 5.54 Å². The van der Waals surface area contributed by atoms with Gasteiger partial charge in [0.15, 0.2) is 0 Å². The molecule has 7 nitrogen and oxygen atoms in total. The second-order valence-electron chi connectivity index (χ2n) is 8.90. The van der Waals surface area contributed by atoms with E-state index in [1.165, 1.54) is 4.90 Å². The van der Waals surface area contributed by atoms with Crippen LogP contribution in [0, 0.1) is 11.8 Å². The lowest BCUT2D eigenvalue weighted by atomic mass is 9.74. The smallest absolute Gasteiger partial charge is 0.325 e. The van der Waals surface area contributed by atoms with Crippen LogP contribution >= 0.6 is 0 Å². The Morgan fingerprint density at radius 2 is 2.00 bits per heavy atom. The van der Waals surface area contributed by atoms with Crippen LogP contribution in [0.1, 0.15) is 59.3 Å². The summed E-state index contributed by atoms with van der Waals surface area (Å²) >= 11 is 0. The van der Waals surface area contributed by atoms with Gasteiger partial charge in [-0.3, -0.25) is 14.5 Å². The molecule has 0 aromatic heterocycles. The Morgan fingerprint density at radius 3 is 2.59 bits per heavy atom. The summed E-state index contributed by atoms with van der Waals surface area (Å²) in [4.78, 5) is 41.7. The van der Waals surface area contributed by atoms with Gasteiger partial charge in [-0.15, -0.1) is 0 Å². The molecule has 0 unspecified atom stereocenters. The fourth-order valence-corrected chi connectivity index (χ4v) is 4.82. The predicted molar refractivity (Wildman–Crippen MR) is 110 cm³/mol. The normalized spacial score (nSPS) is 28.8. The van der Waals surface area contributed by atoms with E-state index >= 15 is 0 Å². The number of hydrogen-bond acceptors (Lipinski definition) is 4. The minimum atomic E-state index is -0.840. The number of nitrogens with zero attached hydrogens (tertiary/aromatic N) is 2. The first-order valence-corrected chi connectivity index (χ1v) is 11.1. The van der Waals surface area contributed by atoms with E-state index in [9.17, 15) is 14.4 Å². The van der Waals surface area contributed by atoms with Gasteiger partial charge in [0.1, 0.15) is 5.54 Å². The summed E-state index contributed by atoms with van der Waals surface area (Å²) in [5.74, 6) is 0.310. The third kappa shape index (κ3) is 4.65. The van der Waals surface area contributed by atoms with Crippen LogP contribution in [0.2, 0.25) is 0 Å². The Bertz CT molecular complexity index is 648. The molecule has 0 saturated carbocycles. The number of ether oxygens (including phenoxy) is 1. The second kappa shape index (κ2) is 9.28. The van der Waals surface area contributed by atoms with Crippen molar-refractivity contribution in [3.05, 3.63) is 12.2 Å². The van der Waals surface area contributed by atoms with E-state index in [1.54, 1.807) is 6.08 Å². The van der Waals surface area contributed by atoms with Crippen molar-refractivity contribution in [1.82, 2.24) is 15.1 Å². The number of allylic oxidation sites excluding steroid dienone is 1. The summed E-state index contributed by atoms with van der Waals surface area (Å²) in [6.45, 7) is 8.40. The highest BCUT2D eigenvalue weighted by molar-refractivity contribution is 6.07. The van der Waals surface area contributed by atoms with E-state index in [0.717, 1.165) is 32.1 Å². The first-order valence-electron chi connectivity index (χ1n) is 11.1. The van der Waals surface area contributed by atoms with Crippen LogP contribution in [0.15, 0.2) is 12.2 Å². The van der Waals surface area contributed by atoms with Crippen molar-refractivity contribution in [2.24, 2.45) is 11.8 Å². The third-order valence-corrected chi connectivity index (χ3v) is 6.38. The molecule has 0 bridgehead atoms. The zero-order chi connectivity index (χ0) is 21.0. The van der Waals surface area contributed by atoms with Crippen LogP contribution in [0.4, 0.5) is 4.79 Å². The number of hydrogen-bond donors (Lipinski definition) is 1. The van der Waals surface area contributed by atoms with Gasteiger partial charge in [-0.2, -0.15) is 0 Å². The van der Waals surface area contributed by atoms with Gasteiger partial charge in [0, 0.05) is 19.7 Å². The van der Waals surface area contributed by atoms with Crippen LogP contribution in [0.3, 0.4) is 0 Å². The summed E-state index contributed by atoms with van der Waals surface area (Å²) in [5, 5.41) is 3.06. The topological polar surface area (TPSA) is 79.0 Å². The monoisotopic (exact) mass is 405 g/mol. The molecule has 0 aromatic rings. The molecule has 0 spiro atoms. The summed E-state index contributed by atoms with van der Waals surface area (Å²) in [6.07, 6.45) is 8.28. The Morgan fingerprint density at radius 1 is 1.28 bits per heavy atom. The molecule has 4 amide bonds. The Labute approximate surface area is 173 Å². The van der Waals surface area contributed by atoms with Crippen LogP contribution in [-0.4, -0.2) is 65.5 Å². The maximum atomic E-state index is 13.4. The number of nitrogens with one attached hydrogen (secondary N) is 1. The first-order chi connectivity index (χ1) is 13.9. The van der Waals surface area contributed by atoms with E-state index in [2.05, 4.69) is 5.32 Å². The highest BCUT2D eigenvalue weighted by Crippen LogP contribution is 2.37. The van der Waals surface area contributed by atoms with Gasteiger partial charge in [0.2, 0.25) is 5.91 Å². The first kappa shape index (κ1) is 21.8. The van der Waals surface area contributed by atoms with Gasteiger partial charge in [0.05, 0.1) is 12.6 Å². The molecular formula is C22H35N3O4. The maximum absolute atomic E-state index is 13.4. The zero-order valence-electron chi connectivity index (χ0n) is 18.0. The van der Waals surface area contributed by atoms with Gasteiger partial charge in [0.25, 0.3) is 5.91 Å². The molecule has 0 aromatic carbocycles. The fourth-order valence-electron chi connectivity index (χ4n) is 4.82. The van der Waals surface area contributed by atoms with Gasteiger partial charge < -0.3 is 15.0 Å². The largest absolute Gasteiger partial charge is 0.376 e. The lowest BCUT2D eigenvalue weighted by Gasteiger charge is -2.40. The number of amides is 4. The van der Waals surface area contributed by atoms with Crippen molar-refractivity contribution in [3.8, 4) is 0 Å². The minimum Gasteiger partial charge on any atom is -0.376 e. The number of imide groups is 1. The van der Waals surface area contributed by atoms with Gasteiger partial charge >= 0.3 is 6.03 Å². The van der Waals surface area contributed by atoms with Crippen molar-refractivity contribution < 1.29 is 19.1 Å². The number of piperidine rings is 1. The molecule has 7 heteroatoms. The van der Waals surface area contributed by atoms with Crippen LogP contribution in [0.25, 0.3) is 0 Å². The molecule has 0 radical (unpaired) electrons. The molecule has 1 N–H and O–H groups in total. The number of urea groups is 1. The molecule has 3 aliphatic rings. The fraction of sp³-hybridized carbons (Fsp3) is 0.773. The van der Waals surface area contributed by atoms with E-state index in [1.807, 2.05) is 31.7 Å². The van der Waals surface area contributed by atoms with Crippen molar-refractivity contribution in [2.45, 2.75) is 70.9 Å². The molecule has 3 saturated heterocycles. The van der Waals surface area contributed by atoms with Crippen molar-refractivity contribution in [3.63, 3.8) is 0 Å². The quantitative estimate of drug-likeness (QED) is 0.522. The highest BCUT2D eigenvalue weighted by Gasteiger charge is 2.55. The molecule has 3 aliphatic heterocycles. The Balaban J connectivity index is 1.67. The second-order valence-corrected chi connectivity index (χ2v) is 8.90. The average Bonchev–Trinajstić information content (AvgIpc) is 3.30. The lowest BCUT2D eigenvalue weighted by Crippen LogP contribution is -2.56. The molecule has 3 heterocycles. The molecule has 162 valence electrons. The summed E-state index contributed by atoms with van der Waals surface area (Å²) < 4.78 is 5.64. The van der Waals surface area contributed by atoms with Crippen LogP contribution < -0.4 is 5.32 Å². The number of carbonyl (C=O) groups is 3. The van der Waals surface area contributed by atoms with Gasteiger partial charge in [-0.25, -0.2) is 4.79 Å². The molecule has 3 fully saturated rings. The number of carbonyl (C=O) groups excluding carboxylic acids is 3. The molecule has 3 rings (SSSR count). The summed E-state index contributed by atoms with van der Waals surface area (Å²) in [6, 6.07) is -0.294. The van der Waals surface area contributed by atoms with Crippen LogP contribution in [-0.2, 0) is 14.3 Å². The number of rotatable bonds is 7. The van der Waals surface area contributed by atoms with Crippen molar-refractivity contribution in [1.29, 1.82) is 0 Å². The van der Waals surface area contributed by atoms with Gasteiger partial charge in [-0.05, 0) is 50.0 Å².